The summed E-state index contributed by atoms with van der Waals surface area (Å²) in [6.07, 6.45) is 3.93. The van der Waals surface area contributed by atoms with Crippen LogP contribution in [-0.4, -0.2) is 18.6 Å². The maximum atomic E-state index is 11.8. The smallest absolute Gasteiger partial charge is 0.109 e. The van der Waals surface area contributed by atoms with Crippen molar-refractivity contribution in [2.45, 2.75) is 30.6 Å². The normalized spacial score (nSPS) is 46.0. The van der Waals surface area contributed by atoms with Crippen LogP contribution in [-0.2, 0) is 10.8 Å². The molecule has 0 radical (unpaired) electrons. The van der Waals surface area contributed by atoms with Crippen LogP contribution < -0.4 is 0 Å². The molecule has 5 atom stereocenters. The summed E-state index contributed by atoms with van der Waals surface area (Å²) < 4.78 is 20.7. The van der Waals surface area contributed by atoms with Crippen molar-refractivity contribution in [3.05, 3.63) is 12.2 Å². The molecule has 0 saturated carbocycles. The average molecular weight is 220 g/mol. The third-order valence-corrected chi connectivity index (χ3v) is 6.23. The first kappa shape index (κ1) is 11.3. The quantitative estimate of drug-likeness (QED) is 0.574. The second-order valence-corrected chi connectivity index (χ2v) is 6.24. The Balaban J connectivity index is 2.84. The Morgan fingerprint density at radius 3 is 2.38 bits per heavy atom. The first-order chi connectivity index (χ1) is 6.13. The Bertz CT molecular complexity index is 228. The van der Waals surface area contributed by atoms with E-state index in [9.17, 15) is 4.21 Å². The van der Waals surface area contributed by atoms with E-state index in [1.54, 1.807) is 0 Å². The maximum Gasteiger partial charge on any atom is 0.109 e. The van der Waals surface area contributed by atoms with Gasteiger partial charge in [0, 0.05) is 22.8 Å². The van der Waals surface area contributed by atoms with E-state index < -0.39 is 10.8 Å². The molecule has 1 rings (SSSR count). The zero-order chi connectivity index (χ0) is 10.0. The molecule has 1 unspecified atom stereocenters. The Morgan fingerprint density at radius 2 is 2.00 bits per heavy atom. The molecule has 0 aromatic rings. The third kappa shape index (κ3) is 2.00. The van der Waals surface area contributed by atoms with Crippen LogP contribution in [0, 0.1) is 11.8 Å². The molecule has 1 N–H and O–H groups in total. The highest BCUT2D eigenvalue weighted by Crippen LogP contribution is 2.40. The highest BCUT2D eigenvalue weighted by molar-refractivity contribution is 8.08. The van der Waals surface area contributed by atoms with Gasteiger partial charge >= 0.3 is 0 Å². The van der Waals surface area contributed by atoms with Gasteiger partial charge in [0.05, 0.1) is 5.25 Å². The summed E-state index contributed by atoms with van der Waals surface area (Å²) in [4.78, 5) is 0. The molecule has 1 aliphatic rings. The zero-order valence-corrected chi connectivity index (χ0v) is 9.77. The molecule has 0 aliphatic carbocycles. The van der Waals surface area contributed by atoms with Crippen molar-refractivity contribution < 1.29 is 8.76 Å². The van der Waals surface area contributed by atoms with Crippen LogP contribution in [0.25, 0.3) is 0 Å². The van der Waals surface area contributed by atoms with Crippen molar-refractivity contribution in [2.75, 3.05) is 0 Å². The Labute approximate surface area is 86.5 Å². The molecular formula is C9H16O2S2. The summed E-state index contributed by atoms with van der Waals surface area (Å²) in [6, 6.07) is 0. The van der Waals surface area contributed by atoms with E-state index in [1.807, 2.05) is 19.1 Å². The number of rotatable bonds is 2. The number of allylic oxidation sites excluding steroid dienone is 1. The fourth-order valence-corrected chi connectivity index (χ4v) is 4.83. The lowest BCUT2D eigenvalue weighted by Crippen LogP contribution is -2.14. The fraction of sp³-hybridized carbons (Fsp3) is 0.778. The lowest BCUT2D eigenvalue weighted by Gasteiger charge is -2.12. The van der Waals surface area contributed by atoms with Gasteiger partial charge in [0.15, 0.2) is 0 Å². The minimum Gasteiger partial charge on any atom is -0.329 e. The molecule has 1 saturated heterocycles. The Kier molecular flexibility index (Phi) is 4.01. The first-order valence-corrected chi connectivity index (χ1v) is 6.57. The largest absolute Gasteiger partial charge is 0.329 e. The zero-order valence-electron chi connectivity index (χ0n) is 8.14. The molecule has 1 fully saturated rings. The van der Waals surface area contributed by atoms with Gasteiger partial charge < -0.3 is 4.55 Å². The predicted octanol–water partition coefficient (Wildman–Crippen LogP) is 2.50. The summed E-state index contributed by atoms with van der Waals surface area (Å²) in [5.74, 6) is 0.707. The molecule has 4 heteroatoms. The van der Waals surface area contributed by atoms with E-state index in [4.69, 9.17) is 4.55 Å². The van der Waals surface area contributed by atoms with E-state index in [0.717, 1.165) is 12.0 Å². The molecule has 76 valence electrons. The number of hydrogen-bond donors (Lipinski definition) is 1. The minimum atomic E-state index is -0.932. The number of hydrogen-bond acceptors (Lipinski definition) is 3. The third-order valence-electron chi connectivity index (χ3n) is 2.76. The summed E-state index contributed by atoms with van der Waals surface area (Å²) in [6.45, 7) is 6.09. The SMILES string of the molecule is C/C=C/[C@H]1[C@@H](C)[C@H](C)[C@H](SO)S1=O. The standard InChI is InChI=1S/C9H16O2S2/c1-4-5-8-6(2)7(3)9(12-10)13(8)11/h4-10H,1-3H3/b5-4+/t6-,7-,8-,9+,13?/m0/s1. The van der Waals surface area contributed by atoms with Crippen molar-refractivity contribution in [2.24, 2.45) is 11.8 Å². The lowest BCUT2D eigenvalue weighted by molar-refractivity contribution is 0.447. The average Bonchev–Trinajstić information content (AvgIpc) is 2.31. The van der Waals surface area contributed by atoms with Crippen molar-refractivity contribution >= 4 is 22.8 Å². The van der Waals surface area contributed by atoms with Gasteiger partial charge in [0.2, 0.25) is 0 Å². The van der Waals surface area contributed by atoms with Gasteiger partial charge in [-0.2, -0.15) is 0 Å². The van der Waals surface area contributed by atoms with E-state index in [0.29, 0.717) is 11.8 Å². The van der Waals surface area contributed by atoms with Crippen LogP contribution in [0.1, 0.15) is 20.8 Å². The molecule has 13 heavy (non-hydrogen) atoms. The van der Waals surface area contributed by atoms with Gasteiger partial charge in [-0.25, -0.2) is 0 Å². The molecule has 0 aromatic heterocycles. The van der Waals surface area contributed by atoms with E-state index in [2.05, 4.69) is 13.8 Å². The summed E-state index contributed by atoms with van der Waals surface area (Å²) in [5.41, 5.74) is 0. The van der Waals surface area contributed by atoms with Gasteiger partial charge in [-0.3, -0.25) is 4.21 Å². The monoisotopic (exact) mass is 220 g/mol. The first-order valence-electron chi connectivity index (χ1n) is 4.46. The summed E-state index contributed by atoms with van der Waals surface area (Å²) in [5, 5.41) is 0.115. The summed E-state index contributed by atoms with van der Waals surface area (Å²) in [7, 11) is -0.932. The summed E-state index contributed by atoms with van der Waals surface area (Å²) >= 11 is 0.748. The fourth-order valence-electron chi connectivity index (χ4n) is 1.71. The molecule has 1 aliphatic heterocycles. The second-order valence-electron chi connectivity index (χ2n) is 3.51. The highest BCUT2D eigenvalue weighted by Gasteiger charge is 2.43. The van der Waals surface area contributed by atoms with E-state index in [1.165, 1.54) is 0 Å². The van der Waals surface area contributed by atoms with Crippen LogP contribution in [0.3, 0.4) is 0 Å². The van der Waals surface area contributed by atoms with Crippen molar-refractivity contribution in [3.63, 3.8) is 0 Å². The lowest BCUT2D eigenvalue weighted by atomic mass is 9.94. The Hall–Kier alpha value is 0.200. The second kappa shape index (κ2) is 4.62. The van der Waals surface area contributed by atoms with Crippen LogP contribution in [0.5, 0.6) is 0 Å². The van der Waals surface area contributed by atoms with Crippen molar-refractivity contribution in [1.29, 1.82) is 0 Å². The van der Waals surface area contributed by atoms with E-state index >= 15 is 0 Å². The maximum absolute atomic E-state index is 11.8. The van der Waals surface area contributed by atoms with Crippen LogP contribution >= 0.6 is 12.0 Å². The van der Waals surface area contributed by atoms with Crippen LogP contribution in [0.2, 0.25) is 0 Å². The van der Waals surface area contributed by atoms with Crippen LogP contribution in [0.4, 0.5) is 0 Å². The molecule has 0 spiro atoms. The van der Waals surface area contributed by atoms with Crippen molar-refractivity contribution in [1.82, 2.24) is 0 Å². The molecular weight excluding hydrogens is 204 g/mol. The minimum absolute atomic E-state index is 0.115. The van der Waals surface area contributed by atoms with Gasteiger partial charge in [-0.05, 0) is 18.8 Å². The van der Waals surface area contributed by atoms with E-state index in [-0.39, 0.29) is 9.83 Å². The highest BCUT2D eigenvalue weighted by atomic mass is 32.2. The molecule has 0 amide bonds. The van der Waals surface area contributed by atoms with Gasteiger partial charge in [-0.15, -0.1) is 0 Å². The Morgan fingerprint density at radius 1 is 1.38 bits per heavy atom. The van der Waals surface area contributed by atoms with Gasteiger partial charge in [-0.1, -0.05) is 26.0 Å². The molecule has 1 heterocycles. The van der Waals surface area contributed by atoms with Crippen LogP contribution in [0.15, 0.2) is 12.2 Å². The van der Waals surface area contributed by atoms with Gasteiger partial charge in [0.25, 0.3) is 0 Å². The molecule has 0 aromatic carbocycles. The topological polar surface area (TPSA) is 37.3 Å². The van der Waals surface area contributed by atoms with Crippen molar-refractivity contribution in [3.8, 4) is 0 Å². The van der Waals surface area contributed by atoms with Gasteiger partial charge in [0.1, 0.15) is 4.58 Å². The molecule has 2 nitrogen and oxygen atoms in total. The molecule has 0 bridgehead atoms. The predicted molar refractivity (Wildman–Crippen MR) is 59.1 cm³/mol.